The summed E-state index contributed by atoms with van der Waals surface area (Å²) in [6, 6.07) is 8.30. The van der Waals surface area contributed by atoms with Gasteiger partial charge in [-0.25, -0.2) is 0 Å². The summed E-state index contributed by atoms with van der Waals surface area (Å²) in [5.74, 6) is 0. The Morgan fingerprint density at radius 3 is 2.23 bits per heavy atom. The molecule has 0 radical (unpaired) electrons. The number of benzene rings is 1. The molecule has 1 atom stereocenters. The summed E-state index contributed by atoms with van der Waals surface area (Å²) in [5, 5.41) is 0. The highest BCUT2D eigenvalue weighted by Gasteiger charge is 2.08. The number of hydrogen-bond donors (Lipinski definition) is 0. The van der Waals surface area contributed by atoms with Gasteiger partial charge >= 0.3 is 0 Å². The normalized spacial score (nSPS) is 12.8. The molecule has 0 bridgehead atoms. The zero-order chi connectivity index (χ0) is 9.68. The van der Waals surface area contributed by atoms with E-state index in [9.17, 15) is 0 Å². The quantitative estimate of drug-likeness (QED) is 0.708. The maximum Gasteiger partial charge on any atom is 0.105 e. The fraction of sp³-hybridized carbons (Fsp3) is 0.455. The van der Waals surface area contributed by atoms with Crippen molar-refractivity contribution in [2.24, 2.45) is 0 Å². The second-order valence-corrected chi connectivity index (χ2v) is 3.09. The zero-order valence-electron chi connectivity index (χ0n) is 8.41. The molecule has 2 heteroatoms. The molecule has 0 spiro atoms. The van der Waals surface area contributed by atoms with Crippen molar-refractivity contribution < 1.29 is 9.47 Å². The molecule has 1 aromatic carbocycles. The second kappa shape index (κ2) is 5.00. The molecular formula is C11H16O2. The van der Waals surface area contributed by atoms with Gasteiger partial charge in [-0.1, -0.05) is 29.8 Å². The van der Waals surface area contributed by atoms with Crippen molar-refractivity contribution in [3.05, 3.63) is 35.4 Å². The van der Waals surface area contributed by atoms with Gasteiger partial charge in [0.05, 0.1) is 6.61 Å². The van der Waals surface area contributed by atoms with E-state index in [1.807, 2.05) is 0 Å². The first-order chi connectivity index (χ1) is 6.27. The van der Waals surface area contributed by atoms with Crippen LogP contribution in [-0.2, 0) is 9.47 Å². The predicted molar refractivity (Wildman–Crippen MR) is 52.8 cm³/mol. The highest BCUT2D eigenvalue weighted by atomic mass is 16.5. The van der Waals surface area contributed by atoms with E-state index in [-0.39, 0.29) is 6.10 Å². The predicted octanol–water partition coefficient (Wildman–Crippen LogP) is 2.33. The van der Waals surface area contributed by atoms with Crippen molar-refractivity contribution in [3.8, 4) is 0 Å². The summed E-state index contributed by atoms with van der Waals surface area (Å²) >= 11 is 0. The molecule has 0 aliphatic rings. The van der Waals surface area contributed by atoms with E-state index in [0.717, 1.165) is 5.56 Å². The summed E-state index contributed by atoms with van der Waals surface area (Å²) < 4.78 is 10.3. The summed E-state index contributed by atoms with van der Waals surface area (Å²) in [4.78, 5) is 0. The van der Waals surface area contributed by atoms with Gasteiger partial charge < -0.3 is 9.47 Å². The molecule has 0 aromatic heterocycles. The van der Waals surface area contributed by atoms with Gasteiger partial charge in [-0.15, -0.1) is 0 Å². The highest BCUT2D eigenvalue weighted by molar-refractivity contribution is 5.23. The first kappa shape index (κ1) is 10.2. The van der Waals surface area contributed by atoms with E-state index < -0.39 is 0 Å². The van der Waals surface area contributed by atoms with Crippen LogP contribution in [0.5, 0.6) is 0 Å². The lowest BCUT2D eigenvalue weighted by molar-refractivity contribution is 0.0275. The summed E-state index contributed by atoms with van der Waals surface area (Å²) in [6.45, 7) is 2.67. The van der Waals surface area contributed by atoms with Crippen LogP contribution in [0.2, 0.25) is 0 Å². The van der Waals surface area contributed by atoms with Gasteiger partial charge in [-0.05, 0) is 12.5 Å². The minimum atomic E-state index is 0.0469. The number of methoxy groups -OCH3 is 2. The molecule has 1 aromatic rings. The van der Waals surface area contributed by atoms with Gasteiger partial charge in [0.2, 0.25) is 0 Å². The summed E-state index contributed by atoms with van der Waals surface area (Å²) in [7, 11) is 3.38. The third kappa shape index (κ3) is 2.83. The maximum atomic E-state index is 5.29. The Morgan fingerprint density at radius 1 is 1.15 bits per heavy atom. The van der Waals surface area contributed by atoms with E-state index in [1.165, 1.54) is 5.56 Å². The Bertz CT molecular complexity index is 241. The largest absolute Gasteiger partial charge is 0.382 e. The van der Waals surface area contributed by atoms with E-state index in [4.69, 9.17) is 9.47 Å². The van der Waals surface area contributed by atoms with Crippen LogP contribution in [-0.4, -0.2) is 20.8 Å². The lowest BCUT2D eigenvalue weighted by Crippen LogP contribution is -2.08. The third-order valence-electron chi connectivity index (χ3n) is 2.05. The van der Waals surface area contributed by atoms with Crippen molar-refractivity contribution in [2.75, 3.05) is 20.8 Å². The van der Waals surface area contributed by atoms with E-state index in [2.05, 4.69) is 31.2 Å². The van der Waals surface area contributed by atoms with Gasteiger partial charge in [0.25, 0.3) is 0 Å². The summed E-state index contributed by atoms with van der Waals surface area (Å²) in [5.41, 5.74) is 2.42. The van der Waals surface area contributed by atoms with Crippen LogP contribution >= 0.6 is 0 Å². The van der Waals surface area contributed by atoms with Crippen LogP contribution in [0.25, 0.3) is 0 Å². The Hall–Kier alpha value is -0.860. The van der Waals surface area contributed by atoms with E-state index >= 15 is 0 Å². The van der Waals surface area contributed by atoms with Gasteiger partial charge in [0.15, 0.2) is 0 Å². The molecule has 0 fully saturated rings. The van der Waals surface area contributed by atoms with Gasteiger partial charge in [0, 0.05) is 14.2 Å². The molecule has 0 aliphatic carbocycles. The SMILES string of the molecule is COCC(OC)c1ccc(C)cc1. The molecule has 0 heterocycles. The van der Waals surface area contributed by atoms with Crippen LogP contribution in [0, 0.1) is 6.92 Å². The molecule has 13 heavy (non-hydrogen) atoms. The van der Waals surface area contributed by atoms with E-state index in [1.54, 1.807) is 14.2 Å². The van der Waals surface area contributed by atoms with Crippen LogP contribution in [0.15, 0.2) is 24.3 Å². The Kier molecular flexibility index (Phi) is 3.93. The number of ether oxygens (including phenoxy) is 2. The van der Waals surface area contributed by atoms with Crippen molar-refractivity contribution >= 4 is 0 Å². The molecule has 0 saturated carbocycles. The Balaban J connectivity index is 2.73. The molecule has 72 valence electrons. The van der Waals surface area contributed by atoms with Crippen LogP contribution in [0.4, 0.5) is 0 Å². The minimum Gasteiger partial charge on any atom is -0.382 e. The fourth-order valence-corrected chi connectivity index (χ4v) is 1.23. The van der Waals surface area contributed by atoms with Crippen molar-refractivity contribution in [3.63, 3.8) is 0 Å². The lowest BCUT2D eigenvalue weighted by atomic mass is 10.1. The Labute approximate surface area is 79.5 Å². The van der Waals surface area contributed by atoms with Crippen molar-refractivity contribution in [2.45, 2.75) is 13.0 Å². The monoisotopic (exact) mass is 180 g/mol. The van der Waals surface area contributed by atoms with Crippen molar-refractivity contribution in [1.29, 1.82) is 0 Å². The maximum absolute atomic E-state index is 5.29. The van der Waals surface area contributed by atoms with Crippen molar-refractivity contribution in [1.82, 2.24) is 0 Å². The smallest absolute Gasteiger partial charge is 0.105 e. The molecule has 1 rings (SSSR count). The Morgan fingerprint density at radius 2 is 1.77 bits per heavy atom. The zero-order valence-corrected chi connectivity index (χ0v) is 8.41. The minimum absolute atomic E-state index is 0.0469. The van der Waals surface area contributed by atoms with Gasteiger partial charge in [0.1, 0.15) is 6.10 Å². The average Bonchev–Trinajstić information content (AvgIpc) is 2.16. The third-order valence-corrected chi connectivity index (χ3v) is 2.05. The van der Waals surface area contributed by atoms with Crippen LogP contribution in [0.1, 0.15) is 17.2 Å². The molecule has 0 aliphatic heterocycles. The molecule has 0 saturated heterocycles. The van der Waals surface area contributed by atoms with E-state index in [0.29, 0.717) is 6.61 Å². The standard InChI is InChI=1S/C11H16O2/c1-9-4-6-10(7-5-9)11(13-3)8-12-2/h4-7,11H,8H2,1-3H3. The molecule has 0 amide bonds. The first-order valence-corrected chi connectivity index (χ1v) is 4.36. The number of hydrogen-bond acceptors (Lipinski definition) is 2. The number of rotatable bonds is 4. The fourth-order valence-electron chi connectivity index (χ4n) is 1.23. The summed E-state index contributed by atoms with van der Waals surface area (Å²) in [6.07, 6.45) is 0.0469. The number of aryl methyl sites for hydroxylation is 1. The molecular weight excluding hydrogens is 164 g/mol. The van der Waals surface area contributed by atoms with Crippen LogP contribution in [0.3, 0.4) is 0 Å². The molecule has 0 N–H and O–H groups in total. The highest BCUT2D eigenvalue weighted by Crippen LogP contribution is 2.16. The van der Waals surface area contributed by atoms with Crippen LogP contribution < -0.4 is 0 Å². The molecule has 1 unspecified atom stereocenters. The van der Waals surface area contributed by atoms with Gasteiger partial charge in [-0.2, -0.15) is 0 Å². The topological polar surface area (TPSA) is 18.5 Å². The second-order valence-electron chi connectivity index (χ2n) is 3.09. The first-order valence-electron chi connectivity index (χ1n) is 4.36. The molecule has 2 nitrogen and oxygen atoms in total. The average molecular weight is 180 g/mol. The lowest BCUT2D eigenvalue weighted by Gasteiger charge is -2.14. The van der Waals surface area contributed by atoms with Gasteiger partial charge in [-0.3, -0.25) is 0 Å².